The van der Waals surface area contributed by atoms with Crippen LogP contribution in [-0.4, -0.2) is 27.4 Å². The fourth-order valence-electron chi connectivity index (χ4n) is 2.72. The molecule has 0 radical (unpaired) electrons. The first kappa shape index (κ1) is 19.7. The van der Waals surface area contributed by atoms with Gasteiger partial charge in [-0.2, -0.15) is 5.11 Å². The molecule has 6 nitrogen and oxygen atoms in total. The molecule has 0 atom stereocenters. The summed E-state index contributed by atoms with van der Waals surface area (Å²) in [7, 11) is 9.40. The van der Waals surface area contributed by atoms with Gasteiger partial charge in [-0.25, -0.2) is 4.98 Å². The van der Waals surface area contributed by atoms with Gasteiger partial charge in [0.05, 0.1) is 22.4 Å². The van der Waals surface area contributed by atoms with E-state index in [1.54, 1.807) is 0 Å². The molecule has 0 amide bonds. The summed E-state index contributed by atoms with van der Waals surface area (Å²) >= 11 is 0.569. The third-order valence-corrected chi connectivity index (χ3v) is 3.91. The first-order chi connectivity index (χ1) is 13.1. The van der Waals surface area contributed by atoms with Crippen molar-refractivity contribution in [3.05, 3.63) is 48.5 Å². The van der Waals surface area contributed by atoms with Gasteiger partial charge >= 0.3 is 33.0 Å². The normalized spacial score (nSPS) is 14.4. The molecule has 27 heavy (non-hydrogen) atoms. The third-order valence-electron chi connectivity index (χ3n) is 3.91. The van der Waals surface area contributed by atoms with Gasteiger partial charge in [-0.15, -0.1) is 5.11 Å². The van der Waals surface area contributed by atoms with Crippen LogP contribution in [0.15, 0.2) is 68.7 Å². The van der Waals surface area contributed by atoms with E-state index in [1.807, 2.05) is 62.4 Å². The summed E-state index contributed by atoms with van der Waals surface area (Å²) in [6.45, 7) is 3.90. The van der Waals surface area contributed by atoms with Gasteiger partial charge in [0.25, 0.3) is 0 Å². The van der Waals surface area contributed by atoms with E-state index >= 15 is 0 Å². The van der Waals surface area contributed by atoms with Gasteiger partial charge in [-0.3, -0.25) is 9.98 Å². The van der Waals surface area contributed by atoms with E-state index in [9.17, 15) is 0 Å². The summed E-state index contributed by atoms with van der Waals surface area (Å²) in [6, 6.07) is 15.3. The van der Waals surface area contributed by atoms with Crippen molar-refractivity contribution >= 4 is 60.2 Å². The molecule has 4 rings (SSSR count). The molecule has 9 heteroatoms. The molecule has 1 aliphatic heterocycles. The number of azo groups is 1. The van der Waals surface area contributed by atoms with Crippen LogP contribution in [0.3, 0.4) is 0 Å². The molecule has 0 bridgehead atoms. The predicted octanol–water partition coefficient (Wildman–Crippen LogP) is 6.29. The van der Waals surface area contributed by atoms with Crippen molar-refractivity contribution < 1.29 is 12.7 Å². The number of benzene rings is 2. The first-order valence-corrected chi connectivity index (χ1v) is 10.7. The Labute approximate surface area is 171 Å². The molecule has 0 saturated carbocycles. The van der Waals surface area contributed by atoms with Gasteiger partial charge in [0.2, 0.25) is 5.95 Å². The van der Waals surface area contributed by atoms with E-state index < -0.39 is 0 Å². The van der Waals surface area contributed by atoms with Crippen molar-refractivity contribution in [2.75, 3.05) is 0 Å². The zero-order valence-corrected chi connectivity index (χ0v) is 17.0. The van der Waals surface area contributed by atoms with E-state index in [-0.39, 0.29) is 6.04 Å². The van der Waals surface area contributed by atoms with Crippen LogP contribution in [-0.2, 0) is 12.7 Å². The van der Waals surface area contributed by atoms with E-state index in [4.69, 9.17) is 20.4 Å². The molecule has 0 aliphatic carbocycles. The molecule has 0 spiro atoms. The monoisotopic (exact) mass is 444 g/mol. The Balaban J connectivity index is 0.000000659. The van der Waals surface area contributed by atoms with Crippen LogP contribution >= 0.6 is 20.4 Å². The number of para-hydroxylation sites is 4. The van der Waals surface area contributed by atoms with Crippen LogP contribution in [0.2, 0.25) is 0 Å². The van der Waals surface area contributed by atoms with E-state index in [1.165, 1.54) is 0 Å². The quantitative estimate of drug-likeness (QED) is 0.365. The third kappa shape index (κ3) is 4.80. The predicted molar refractivity (Wildman–Crippen MR) is 108 cm³/mol. The summed E-state index contributed by atoms with van der Waals surface area (Å²) in [5.74, 6) is 0.485. The van der Waals surface area contributed by atoms with E-state index in [0.29, 0.717) is 18.6 Å². The van der Waals surface area contributed by atoms with Gasteiger partial charge in [0, 0.05) is 11.4 Å². The van der Waals surface area contributed by atoms with Crippen LogP contribution in [0.1, 0.15) is 13.8 Å². The van der Waals surface area contributed by atoms with Crippen molar-refractivity contribution in [3.8, 4) is 0 Å². The van der Waals surface area contributed by atoms with Gasteiger partial charge in [-0.05, 0) is 38.1 Å². The molecule has 1 aliphatic rings. The fraction of sp³-hybridized carbons (Fsp3) is 0.167. The number of imidazole rings is 1. The molecule has 3 aromatic rings. The Hall–Kier alpha value is -2.08. The summed E-state index contributed by atoms with van der Waals surface area (Å²) < 4.78 is 0. The maximum absolute atomic E-state index is 4.70. The van der Waals surface area contributed by atoms with Crippen LogP contribution in [0.4, 0.5) is 17.3 Å². The summed E-state index contributed by atoms with van der Waals surface area (Å²) in [5.41, 5.74) is 5.25. The van der Waals surface area contributed by atoms with Crippen LogP contribution in [0.25, 0.3) is 11.0 Å². The number of hydrogen-bond donors (Lipinski definition) is 1. The second kappa shape index (κ2) is 9.22. The SMILES string of the molecule is CC1=Nc2ccccc2N=C(C)C1N=Nc1nc2ccccc2[nH]1.[Cl][Ni][Cl]. The Morgan fingerprint density at radius 2 is 1.48 bits per heavy atom. The molecule has 1 aromatic heterocycles. The molecule has 1 N–H and O–H groups in total. The van der Waals surface area contributed by atoms with Crippen molar-refractivity contribution in [2.45, 2.75) is 19.9 Å². The molecular weight excluding hydrogens is 430 g/mol. The van der Waals surface area contributed by atoms with Crippen molar-refractivity contribution in [1.29, 1.82) is 0 Å². The maximum atomic E-state index is 4.70. The minimum atomic E-state index is -0.286. The second-order valence-corrected chi connectivity index (χ2v) is 7.37. The van der Waals surface area contributed by atoms with Gasteiger partial charge in [-0.1, -0.05) is 24.3 Å². The first-order valence-electron chi connectivity index (χ1n) is 7.99. The van der Waals surface area contributed by atoms with Crippen molar-refractivity contribution in [3.63, 3.8) is 0 Å². The van der Waals surface area contributed by atoms with Crippen molar-refractivity contribution in [2.24, 2.45) is 20.2 Å². The second-order valence-electron chi connectivity index (χ2n) is 5.74. The van der Waals surface area contributed by atoms with Gasteiger partial charge in [0.15, 0.2) is 0 Å². The fourth-order valence-corrected chi connectivity index (χ4v) is 2.72. The van der Waals surface area contributed by atoms with Crippen LogP contribution in [0.5, 0.6) is 0 Å². The number of aromatic nitrogens is 2. The zero-order chi connectivity index (χ0) is 19.2. The zero-order valence-electron chi connectivity index (χ0n) is 14.5. The number of aromatic amines is 1. The van der Waals surface area contributed by atoms with E-state index in [2.05, 4.69) is 30.2 Å². The van der Waals surface area contributed by atoms with Gasteiger partial charge < -0.3 is 4.98 Å². The molecule has 142 valence electrons. The molecule has 2 heterocycles. The Bertz CT molecular complexity index is 955. The number of hydrogen-bond acceptors (Lipinski definition) is 5. The summed E-state index contributed by atoms with van der Waals surface area (Å²) in [5, 5.41) is 8.69. The average molecular weight is 446 g/mol. The summed E-state index contributed by atoms with van der Waals surface area (Å²) in [4.78, 5) is 16.8. The molecule has 2 aromatic carbocycles. The molecule has 0 saturated heterocycles. The summed E-state index contributed by atoms with van der Waals surface area (Å²) in [6.07, 6.45) is 0. The minimum absolute atomic E-state index is 0.286. The molecule has 0 unspecified atom stereocenters. The van der Waals surface area contributed by atoms with Crippen LogP contribution in [0, 0.1) is 0 Å². The van der Waals surface area contributed by atoms with Gasteiger partial charge in [0.1, 0.15) is 6.04 Å². The number of halogens is 2. The van der Waals surface area contributed by atoms with Crippen molar-refractivity contribution in [1.82, 2.24) is 9.97 Å². The Morgan fingerprint density at radius 1 is 0.926 bits per heavy atom. The van der Waals surface area contributed by atoms with E-state index in [0.717, 1.165) is 33.8 Å². The molecular formula is C18H16Cl2N6Ni. The number of nitrogens with zero attached hydrogens (tertiary/aromatic N) is 5. The topological polar surface area (TPSA) is 78.1 Å². The van der Waals surface area contributed by atoms with Crippen LogP contribution < -0.4 is 0 Å². The molecule has 0 fully saturated rings. The Morgan fingerprint density at radius 3 is 2.07 bits per heavy atom. The number of nitrogens with one attached hydrogen (secondary N) is 1. The number of fused-ring (bicyclic) bond motifs is 2. The average Bonchev–Trinajstić information content (AvgIpc) is 3.02. The number of rotatable bonds is 2. The number of aliphatic imine (C=N–C) groups is 2. The number of H-pyrrole nitrogens is 1. The standard InChI is InChI=1S/C18H16N6.2ClH.Ni/c1-11-17(12(2)20-14-8-4-3-7-13(14)19-11)23-24-18-21-15-9-5-6-10-16(15)22-18;;;/h3-10,17H,1-2H3,(H,21,22);2*1H;/q;;;+2/p-2. The Kier molecular flexibility index (Phi) is 6.72.